The van der Waals surface area contributed by atoms with Crippen LogP contribution in [-0.2, 0) is 10.0 Å². The maximum Gasteiger partial charge on any atom is 0.238 e. The first-order valence-electron chi connectivity index (χ1n) is 8.66. The first kappa shape index (κ1) is 20.0. The SMILES string of the molecule is Nc1scc2c1c(Nc1ccc(S(N)(=O)=O)cc1)nc1nc(NCCO)nc(N)c12. The quantitative estimate of drug-likeness (QED) is 0.250. The van der Waals surface area contributed by atoms with Crippen LogP contribution >= 0.6 is 11.3 Å². The minimum Gasteiger partial charge on any atom is -0.395 e. The van der Waals surface area contributed by atoms with Gasteiger partial charge in [-0.05, 0) is 24.3 Å². The number of nitrogens with zero attached hydrogens (tertiary/aromatic N) is 3. The van der Waals surface area contributed by atoms with Crippen molar-refractivity contribution in [1.29, 1.82) is 0 Å². The molecule has 0 unspecified atom stereocenters. The lowest BCUT2D eigenvalue weighted by molar-refractivity contribution is 0.311. The highest BCUT2D eigenvalue weighted by molar-refractivity contribution is 7.89. The van der Waals surface area contributed by atoms with Crippen molar-refractivity contribution >= 4 is 71.4 Å². The Labute approximate surface area is 175 Å². The molecule has 3 aromatic heterocycles. The summed E-state index contributed by atoms with van der Waals surface area (Å²) in [5.74, 6) is 0.915. The highest BCUT2D eigenvalue weighted by atomic mass is 32.2. The van der Waals surface area contributed by atoms with Crippen LogP contribution in [-0.4, -0.2) is 41.6 Å². The van der Waals surface area contributed by atoms with Crippen molar-refractivity contribution < 1.29 is 13.5 Å². The average molecular weight is 447 g/mol. The highest BCUT2D eigenvalue weighted by Gasteiger charge is 2.18. The monoisotopic (exact) mass is 446 g/mol. The summed E-state index contributed by atoms with van der Waals surface area (Å²) in [4.78, 5) is 13.2. The third-order valence-electron chi connectivity index (χ3n) is 4.30. The second-order valence-corrected chi connectivity index (χ2v) is 8.80. The van der Waals surface area contributed by atoms with E-state index in [2.05, 4.69) is 25.6 Å². The maximum atomic E-state index is 11.5. The third kappa shape index (κ3) is 3.66. The normalized spacial score (nSPS) is 11.8. The van der Waals surface area contributed by atoms with Crippen LogP contribution in [0.2, 0.25) is 0 Å². The van der Waals surface area contributed by atoms with Gasteiger partial charge < -0.3 is 27.2 Å². The van der Waals surface area contributed by atoms with Crippen LogP contribution in [0.25, 0.3) is 21.8 Å². The number of anilines is 5. The lowest BCUT2D eigenvalue weighted by Gasteiger charge is -2.12. The summed E-state index contributed by atoms with van der Waals surface area (Å²) in [5.41, 5.74) is 13.2. The van der Waals surface area contributed by atoms with Gasteiger partial charge in [-0.15, -0.1) is 11.3 Å². The number of sulfonamides is 1. The lowest BCUT2D eigenvalue weighted by Crippen LogP contribution is -2.12. The number of aliphatic hydroxyl groups excluding tert-OH is 1. The second-order valence-electron chi connectivity index (χ2n) is 6.32. The summed E-state index contributed by atoms with van der Waals surface area (Å²) < 4.78 is 22.9. The summed E-state index contributed by atoms with van der Waals surface area (Å²) in [6.45, 7) is 0.177. The molecule has 0 fully saturated rings. The van der Waals surface area contributed by atoms with Gasteiger partial charge in [-0.25, -0.2) is 18.5 Å². The number of hydrogen-bond acceptors (Lipinski definition) is 11. The van der Waals surface area contributed by atoms with Crippen LogP contribution in [0.5, 0.6) is 0 Å². The van der Waals surface area contributed by atoms with Crippen molar-refractivity contribution in [3.8, 4) is 0 Å². The van der Waals surface area contributed by atoms with Gasteiger partial charge >= 0.3 is 0 Å². The summed E-state index contributed by atoms with van der Waals surface area (Å²) in [5, 5.41) is 24.5. The van der Waals surface area contributed by atoms with Gasteiger partial charge in [0, 0.05) is 23.0 Å². The number of pyridine rings is 1. The largest absolute Gasteiger partial charge is 0.395 e. The van der Waals surface area contributed by atoms with Crippen LogP contribution in [0.3, 0.4) is 0 Å². The Balaban J connectivity index is 1.84. The smallest absolute Gasteiger partial charge is 0.238 e. The van der Waals surface area contributed by atoms with Gasteiger partial charge in [0.25, 0.3) is 0 Å². The molecule has 0 radical (unpaired) electrons. The van der Waals surface area contributed by atoms with Crippen LogP contribution in [0.15, 0.2) is 34.5 Å². The molecule has 0 bridgehead atoms. The summed E-state index contributed by atoms with van der Waals surface area (Å²) >= 11 is 1.33. The molecule has 13 heteroatoms. The molecular formula is C17H18N8O3S2. The Morgan fingerprint density at radius 2 is 1.80 bits per heavy atom. The predicted octanol–water partition coefficient (Wildman–Crippen LogP) is 1.20. The number of rotatable bonds is 6. The predicted molar refractivity (Wildman–Crippen MR) is 118 cm³/mol. The van der Waals surface area contributed by atoms with E-state index in [4.69, 9.17) is 21.7 Å². The number of hydrogen-bond donors (Lipinski definition) is 6. The van der Waals surface area contributed by atoms with Gasteiger partial charge in [0.2, 0.25) is 16.0 Å². The van der Waals surface area contributed by atoms with Gasteiger partial charge in [0.1, 0.15) is 11.6 Å². The topological polar surface area (TPSA) is 195 Å². The van der Waals surface area contributed by atoms with Gasteiger partial charge in [0.05, 0.1) is 27.3 Å². The molecular weight excluding hydrogens is 428 g/mol. The number of aliphatic hydroxyl groups is 1. The first-order chi connectivity index (χ1) is 14.3. The number of nitrogen functional groups attached to an aromatic ring is 2. The van der Waals surface area contributed by atoms with E-state index in [1.54, 1.807) is 12.1 Å². The lowest BCUT2D eigenvalue weighted by atomic mass is 10.1. The van der Waals surface area contributed by atoms with E-state index < -0.39 is 10.0 Å². The molecule has 0 amide bonds. The van der Waals surface area contributed by atoms with Crippen molar-refractivity contribution in [3.05, 3.63) is 29.6 Å². The molecule has 0 atom stereocenters. The minimum absolute atomic E-state index is 0.000158. The zero-order valence-corrected chi connectivity index (χ0v) is 17.1. The minimum atomic E-state index is -3.79. The Morgan fingerprint density at radius 3 is 2.47 bits per heavy atom. The van der Waals surface area contributed by atoms with Crippen LogP contribution in [0.4, 0.5) is 28.3 Å². The number of primary sulfonamides is 1. The second kappa shape index (κ2) is 7.53. The van der Waals surface area contributed by atoms with Gasteiger partial charge in [-0.3, -0.25) is 0 Å². The molecule has 0 saturated heterocycles. The molecule has 0 aliphatic carbocycles. The molecule has 30 heavy (non-hydrogen) atoms. The fraction of sp³-hybridized carbons (Fsp3) is 0.118. The Kier molecular flexibility index (Phi) is 5.03. The van der Waals surface area contributed by atoms with E-state index in [-0.39, 0.29) is 29.8 Å². The van der Waals surface area contributed by atoms with Crippen LogP contribution in [0, 0.1) is 0 Å². The third-order valence-corrected chi connectivity index (χ3v) is 6.04. The Morgan fingerprint density at radius 1 is 1.07 bits per heavy atom. The van der Waals surface area contributed by atoms with Crippen LogP contribution < -0.4 is 27.2 Å². The molecule has 0 aliphatic heterocycles. The number of fused-ring (bicyclic) bond motifs is 3. The van der Waals surface area contributed by atoms with Crippen LogP contribution in [0.1, 0.15) is 0 Å². The van der Waals surface area contributed by atoms with E-state index in [1.165, 1.54) is 23.5 Å². The van der Waals surface area contributed by atoms with E-state index in [1.807, 2.05) is 5.38 Å². The van der Waals surface area contributed by atoms with Gasteiger partial charge in [-0.2, -0.15) is 9.97 Å². The molecule has 4 aromatic rings. The Hall–Kier alpha value is -3.26. The van der Waals surface area contributed by atoms with Gasteiger partial charge in [0.15, 0.2) is 5.65 Å². The summed E-state index contributed by atoms with van der Waals surface area (Å²) in [7, 11) is -3.79. The van der Waals surface area contributed by atoms with Crippen molar-refractivity contribution in [1.82, 2.24) is 15.0 Å². The fourth-order valence-corrected chi connectivity index (χ4v) is 4.29. The molecule has 0 spiro atoms. The summed E-state index contributed by atoms with van der Waals surface area (Å²) in [6.07, 6.45) is 0. The number of benzene rings is 1. The number of nitrogens with two attached hydrogens (primary N) is 3. The van der Waals surface area contributed by atoms with Crippen molar-refractivity contribution in [2.45, 2.75) is 4.90 Å². The number of thiophene rings is 1. The van der Waals surface area contributed by atoms with E-state index >= 15 is 0 Å². The molecule has 4 rings (SSSR count). The van der Waals surface area contributed by atoms with Crippen molar-refractivity contribution in [2.24, 2.45) is 5.14 Å². The molecule has 0 aliphatic rings. The van der Waals surface area contributed by atoms with Crippen molar-refractivity contribution in [2.75, 3.05) is 35.3 Å². The number of nitrogens with one attached hydrogen (secondary N) is 2. The number of aromatic nitrogens is 3. The highest BCUT2D eigenvalue weighted by Crippen LogP contribution is 2.40. The Bertz CT molecular complexity index is 1350. The van der Waals surface area contributed by atoms with E-state index in [0.717, 1.165) is 5.39 Å². The first-order valence-corrected chi connectivity index (χ1v) is 11.1. The summed E-state index contributed by atoms with van der Waals surface area (Å²) in [6, 6.07) is 5.93. The van der Waals surface area contributed by atoms with Gasteiger partial charge in [-0.1, -0.05) is 0 Å². The molecule has 0 saturated carbocycles. The zero-order valence-electron chi connectivity index (χ0n) is 15.5. The molecule has 9 N–H and O–H groups in total. The maximum absolute atomic E-state index is 11.5. The molecule has 156 valence electrons. The van der Waals surface area contributed by atoms with E-state index in [0.29, 0.717) is 32.9 Å². The van der Waals surface area contributed by atoms with Crippen molar-refractivity contribution in [3.63, 3.8) is 0 Å². The average Bonchev–Trinajstić information content (AvgIpc) is 3.07. The molecule has 3 heterocycles. The fourth-order valence-electron chi connectivity index (χ4n) is 2.97. The molecule has 1 aromatic carbocycles. The van der Waals surface area contributed by atoms with E-state index in [9.17, 15) is 8.42 Å². The standard InChI is InChI=1S/C17H18N8O3S2/c18-13-11-10-7-29-14(19)12(10)16(24-15(11)25-17(23-13)21-5-6-26)22-8-1-3-9(4-2-8)30(20,27)28/h1-4,7,26H,5-6,19H2,(H2,20,27,28)(H4,18,21,22,23,24,25). The zero-order chi connectivity index (χ0) is 21.5. The molecule has 11 nitrogen and oxygen atoms in total.